The maximum absolute atomic E-state index is 13.4. The number of nitrogens with zero attached hydrogens (tertiary/aromatic N) is 3. The van der Waals surface area contributed by atoms with Crippen molar-refractivity contribution in [3.8, 4) is 23.1 Å². The number of alkyl halides is 6. The highest BCUT2D eigenvalue weighted by Crippen LogP contribution is 2.40. The van der Waals surface area contributed by atoms with E-state index in [-0.39, 0.29) is 29.0 Å². The summed E-state index contributed by atoms with van der Waals surface area (Å²) in [7, 11) is 2.63. The number of halogens is 6. The van der Waals surface area contributed by atoms with Gasteiger partial charge >= 0.3 is 18.3 Å². The summed E-state index contributed by atoms with van der Waals surface area (Å²) in [6.07, 6.45) is -6.53. The first-order chi connectivity index (χ1) is 20.5. The number of benzene rings is 1. The number of ether oxygens (including phenoxy) is 3. The number of aromatic nitrogens is 3. The van der Waals surface area contributed by atoms with Crippen molar-refractivity contribution in [2.45, 2.75) is 43.7 Å². The third-order valence-corrected chi connectivity index (χ3v) is 5.80. The van der Waals surface area contributed by atoms with Crippen molar-refractivity contribution in [3.05, 3.63) is 53.8 Å². The Morgan fingerprint density at radius 3 is 2.09 bits per heavy atom. The second-order valence-corrected chi connectivity index (χ2v) is 9.01. The number of carboxylic acids is 1. The summed E-state index contributed by atoms with van der Waals surface area (Å²) in [6.45, 7) is 1.62. The Labute approximate surface area is 243 Å². The molecule has 1 aliphatic carbocycles. The van der Waals surface area contributed by atoms with Gasteiger partial charge in [0.05, 0.1) is 38.7 Å². The van der Waals surface area contributed by atoms with Gasteiger partial charge in [-0.3, -0.25) is 9.59 Å². The third-order valence-electron chi connectivity index (χ3n) is 5.80. The van der Waals surface area contributed by atoms with Crippen molar-refractivity contribution in [2.24, 2.45) is 0 Å². The van der Waals surface area contributed by atoms with Crippen LogP contribution < -0.4 is 24.8 Å². The molecule has 13 nitrogen and oxygen atoms in total. The largest absolute Gasteiger partial charge is 0.497 e. The standard InChI is InChI=1S/C23H22F3N5O6.C2HF3O2/c1-12(29-21(33)22(6-7-22)30-20(32)17-9-18(35-3)31-37-17)19-27-10-14(11-28-19)36-16-5-4-13(34-2)8-15(16)23(24,25)26;3-2(4,5)1(6)7/h4-5,8-12H,6-7H2,1-3H3,(H,29,33)(H,30,32);(H,6,7). The molecule has 1 atom stereocenters. The van der Waals surface area contributed by atoms with Gasteiger partial charge in [-0.2, -0.15) is 26.3 Å². The molecule has 1 aromatic carbocycles. The predicted molar refractivity (Wildman–Crippen MR) is 133 cm³/mol. The van der Waals surface area contributed by atoms with Gasteiger partial charge in [-0.15, -0.1) is 0 Å². The van der Waals surface area contributed by atoms with Gasteiger partial charge in [-0.05, 0) is 43.1 Å². The molecule has 44 heavy (non-hydrogen) atoms. The molecule has 4 rings (SSSR count). The van der Waals surface area contributed by atoms with Crippen LogP contribution in [0.3, 0.4) is 0 Å². The third kappa shape index (κ3) is 8.48. The summed E-state index contributed by atoms with van der Waals surface area (Å²) in [6, 6.07) is 3.92. The number of nitrogens with one attached hydrogen (secondary N) is 2. The molecule has 0 radical (unpaired) electrons. The number of amides is 2. The van der Waals surface area contributed by atoms with Crippen LogP contribution in [0.25, 0.3) is 0 Å². The molecule has 1 fully saturated rings. The van der Waals surface area contributed by atoms with E-state index in [1.807, 2.05) is 0 Å². The van der Waals surface area contributed by atoms with Gasteiger partial charge in [0.25, 0.3) is 11.8 Å². The predicted octanol–water partition coefficient (Wildman–Crippen LogP) is 4.07. The summed E-state index contributed by atoms with van der Waals surface area (Å²) in [4.78, 5) is 42.3. The van der Waals surface area contributed by atoms with Gasteiger partial charge in [0.1, 0.15) is 28.4 Å². The van der Waals surface area contributed by atoms with Gasteiger partial charge in [-0.25, -0.2) is 14.8 Å². The topological polar surface area (TPSA) is 175 Å². The fourth-order valence-corrected chi connectivity index (χ4v) is 3.35. The molecular formula is C25H23F6N5O8. The van der Waals surface area contributed by atoms with Crippen LogP contribution in [-0.4, -0.2) is 63.9 Å². The van der Waals surface area contributed by atoms with Crippen LogP contribution in [0, 0.1) is 0 Å². The lowest BCUT2D eigenvalue weighted by Gasteiger charge is -2.20. The van der Waals surface area contributed by atoms with Crippen molar-refractivity contribution in [2.75, 3.05) is 14.2 Å². The van der Waals surface area contributed by atoms with Crippen molar-refractivity contribution < 1.29 is 64.6 Å². The van der Waals surface area contributed by atoms with Crippen LogP contribution in [0.5, 0.6) is 23.1 Å². The number of methoxy groups -OCH3 is 2. The summed E-state index contributed by atoms with van der Waals surface area (Å²) in [5.41, 5.74) is -2.13. The number of carboxylic acid groups (broad SMARTS) is 1. The molecule has 2 heterocycles. The minimum atomic E-state index is -5.08. The van der Waals surface area contributed by atoms with Crippen LogP contribution in [0.1, 0.15) is 47.7 Å². The van der Waals surface area contributed by atoms with E-state index in [1.165, 1.54) is 38.7 Å². The molecular weight excluding hydrogens is 612 g/mol. The van der Waals surface area contributed by atoms with Crippen molar-refractivity contribution >= 4 is 17.8 Å². The van der Waals surface area contributed by atoms with Crippen molar-refractivity contribution in [1.29, 1.82) is 0 Å². The van der Waals surface area contributed by atoms with Crippen molar-refractivity contribution in [3.63, 3.8) is 0 Å². The summed E-state index contributed by atoms with van der Waals surface area (Å²) in [5, 5.41) is 16.0. The second kappa shape index (κ2) is 13.0. The Kier molecular flexibility index (Phi) is 9.90. The summed E-state index contributed by atoms with van der Waals surface area (Å²) >= 11 is 0. The molecule has 1 saturated carbocycles. The first-order valence-electron chi connectivity index (χ1n) is 12.2. The molecule has 0 spiro atoms. The smallest absolute Gasteiger partial charge is 0.490 e. The SMILES string of the molecule is COc1ccc(Oc2cnc(C(C)NC(=O)C3(NC(=O)c4cc(OC)no4)CC3)nc2)c(C(F)(F)F)c1.O=C(O)C(F)(F)F. The molecule has 2 aromatic heterocycles. The van der Waals surface area contributed by atoms with Gasteiger partial charge < -0.3 is 34.5 Å². The minimum Gasteiger partial charge on any atom is -0.497 e. The molecule has 2 amide bonds. The molecule has 1 aliphatic rings. The number of hydrogen-bond donors (Lipinski definition) is 3. The van der Waals surface area contributed by atoms with Gasteiger partial charge in [-0.1, -0.05) is 0 Å². The normalized spacial score (nSPS) is 14.3. The second-order valence-electron chi connectivity index (χ2n) is 9.01. The molecule has 0 saturated heterocycles. The van der Waals surface area contributed by atoms with Gasteiger partial charge in [0, 0.05) is 0 Å². The van der Waals surface area contributed by atoms with Crippen LogP contribution in [0.2, 0.25) is 0 Å². The van der Waals surface area contributed by atoms with Crippen LogP contribution in [-0.2, 0) is 15.8 Å². The lowest BCUT2D eigenvalue weighted by atomic mass is 10.2. The van der Waals surface area contributed by atoms with E-state index >= 15 is 0 Å². The Hall–Kier alpha value is -5.10. The zero-order valence-electron chi connectivity index (χ0n) is 22.9. The minimum absolute atomic E-state index is 0.0287. The zero-order valence-corrected chi connectivity index (χ0v) is 22.9. The van der Waals surface area contributed by atoms with E-state index < -0.39 is 53.0 Å². The molecule has 0 bridgehead atoms. The Bertz CT molecular complexity index is 1490. The lowest BCUT2D eigenvalue weighted by molar-refractivity contribution is -0.192. The average Bonchev–Trinajstić information content (AvgIpc) is 3.57. The molecule has 238 valence electrons. The van der Waals surface area contributed by atoms with Crippen LogP contribution in [0.4, 0.5) is 26.3 Å². The Morgan fingerprint density at radius 2 is 1.61 bits per heavy atom. The van der Waals surface area contributed by atoms with Crippen molar-refractivity contribution in [1.82, 2.24) is 25.8 Å². The lowest BCUT2D eigenvalue weighted by Crippen LogP contribution is -2.49. The van der Waals surface area contributed by atoms with E-state index in [0.29, 0.717) is 12.8 Å². The quantitative estimate of drug-likeness (QED) is 0.289. The van der Waals surface area contributed by atoms with E-state index in [0.717, 1.165) is 12.1 Å². The van der Waals surface area contributed by atoms with E-state index in [1.54, 1.807) is 6.92 Å². The molecule has 19 heteroatoms. The van der Waals surface area contributed by atoms with Crippen LogP contribution in [0.15, 0.2) is 41.2 Å². The fraction of sp³-hybridized carbons (Fsp3) is 0.360. The number of hydrogen-bond acceptors (Lipinski definition) is 10. The maximum atomic E-state index is 13.4. The van der Waals surface area contributed by atoms with E-state index in [2.05, 4.69) is 25.8 Å². The number of aliphatic carboxylic acids is 1. The summed E-state index contributed by atoms with van der Waals surface area (Å²) < 4.78 is 91.9. The average molecular weight is 635 g/mol. The zero-order chi connectivity index (χ0) is 32.9. The first kappa shape index (κ1) is 33.4. The Balaban J connectivity index is 0.000000676. The first-order valence-corrected chi connectivity index (χ1v) is 12.2. The number of carbonyl (C=O) groups is 3. The highest BCUT2D eigenvalue weighted by molar-refractivity contribution is 5.99. The van der Waals surface area contributed by atoms with E-state index in [4.69, 9.17) is 28.6 Å². The number of rotatable bonds is 9. The Morgan fingerprint density at radius 1 is 1.00 bits per heavy atom. The highest BCUT2D eigenvalue weighted by atomic mass is 19.4. The van der Waals surface area contributed by atoms with E-state index in [9.17, 15) is 35.9 Å². The maximum Gasteiger partial charge on any atom is 0.490 e. The number of carbonyl (C=O) groups excluding carboxylic acids is 2. The summed E-state index contributed by atoms with van der Waals surface area (Å²) in [5.74, 6) is -4.06. The van der Waals surface area contributed by atoms with Gasteiger partial charge in [0.15, 0.2) is 5.75 Å². The molecule has 0 aliphatic heterocycles. The fourth-order valence-electron chi connectivity index (χ4n) is 3.35. The molecule has 1 unspecified atom stereocenters. The monoisotopic (exact) mass is 635 g/mol. The highest BCUT2D eigenvalue weighted by Gasteiger charge is 2.52. The molecule has 3 aromatic rings. The molecule has 3 N–H and O–H groups in total. The van der Waals surface area contributed by atoms with Gasteiger partial charge in [0.2, 0.25) is 11.7 Å². The van der Waals surface area contributed by atoms with Crippen LogP contribution >= 0.6 is 0 Å².